The van der Waals surface area contributed by atoms with Crippen molar-refractivity contribution in [2.45, 2.75) is 39.7 Å². The molecule has 0 fully saturated rings. The number of aromatic nitrogens is 1. The molecule has 1 aromatic heterocycles. The molecule has 2 aromatic rings. The first-order valence-corrected chi connectivity index (χ1v) is 7.74. The van der Waals surface area contributed by atoms with Crippen LogP contribution in [0.25, 0.3) is 11.1 Å². The first kappa shape index (κ1) is 17.5. The van der Waals surface area contributed by atoms with Crippen molar-refractivity contribution in [2.24, 2.45) is 0 Å². The highest BCUT2D eigenvalue weighted by Crippen LogP contribution is 2.31. The molecule has 2 rings (SSSR count). The number of hydrogen-bond acceptors (Lipinski definition) is 4. The second-order valence-corrected chi connectivity index (χ2v) is 6.43. The number of H-pyrrole nitrogens is 1. The van der Waals surface area contributed by atoms with Crippen LogP contribution in [0, 0.1) is 11.3 Å². The number of carbonyl (C=O) groups excluding carboxylic acids is 2. The molecule has 0 bridgehead atoms. The molecule has 124 valence electrons. The molecule has 0 amide bonds. The number of hydrogen-bond donors (Lipinski definition) is 1. The number of carbonyl (C=O) groups is 2. The van der Waals surface area contributed by atoms with E-state index in [0.717, 1.165) is 11.1 Å². The van der Waals surface area contributed by atoms with Gasteiger partial charge in [-0.3, -0.25) is 4.79 Å². The zero-order valence-electron chi connectivity index (χ0n) is 14.3. The maximum atomic E-state index is 12.4. The largest absolute Gasteiger partial charge is 0.455 e. The Morgan fingerprint density at radius 1 is 1.29 bits per heavy atom. The monoisotopic (exact) mass is 324 g/mol. The van der Waals surface area contributed by atoms with Crippen molar-refractivity contribution in [1.82, 2.24) is 4.98 Å². The minimum atomic E-state index is -0.622. The van der Waals surface area contributed by atoms with Gasteiger partial charge in [0.25, 0.3) is 0 Å². The van der Waals surface area contributed by atoms with Gasteiger partial charge in [-0.05, 0) is 50.5 Å². The molecule has 1 N–H and O–H groups in total. The van der Waals surface area contributed by atoms with E-state index in [9.17, 15) is 9.59 Å². The van der Waals surface area contributed by atoms with Gasteiger partial charge in [0.2, 0.25) is 0 Å². The zero-order valence-corrected chi connectivity index (χ0v) is 14.3. The van der Waals surface area contributed by atoms with Crippen LogP contribution in [0.15, 0.2) is 24.3 Å². The third-order valence-corrected chi connectivity index (χ3v) is 3.51. The lowest BCUT2D eigenvalue weighted by Gasteiger charge is -2.19. The molecule has 0 saturated heterocycles. The number of aromatic amines is 1. The van der Waals surface area contributed by atoms with E-state index < -0.39 is 11.6 Å². The lowest BCUT2D eigenvalue weighted by molar-refractivity contribution is 0.00624. The van der Waals surface area contributed by atoms with Crippen LogP contribution in [0.4, 0.5) is 0 Å². The maximum absolute atomic E-state index is 12.4. The molecule has 0 aliphatic rings. The van der Waals surface area contributed by atoms with Gasteiger partial charge in [-0.1, -0.05) is 19.1 Å². The van der Waals surface area contributed by atoms with Gasteiger partial charge in [0.05, 0.1) is 17.3 Å². The van der Waals surface area contributed by atoms with E-state index in [0.29, 0.717) is 35.2 Å². The first-order valence-electron chi connectivity index (χ1n) is 7.74. The van der Waals surface area contributed by atoms with E-state index >= 15 is 0 Å². The number of nitrogens with one attached hydrogen (secondary N) is 1. The van der Waals surface area contributed by atoms with E-state index in [4.69, 9.17) is 10.00 Å². The highest BCUT2D eigenvalue weighted by Gasteiger charge is 2.26. The Balaban J connectivity index is 2.57. The number of esters is 1. The lowest BCUT2D eigenvalue weighted by Crippen LogP contribution is -2.24. The number of rotatable bonds is 4. The van der Waals surface area contributed by atoms with Gasteiger partial charge in [0, 0.05) is 5.56 Å². The molecular formula is C19H20N2O3. The summed E-state index contributed by atoms with van der Waals surface area (Å²) in [5.41, 5.74) is 2.73. The Morgan fingerprint density at radius 2 is 1.92 bits per heavy atom. The van der Waals surface area contributed by atoms with Crippen LogP contribution < -0.4 is 0 Å². The SMILES string of the molecule is CCc1c(C(=O)OC(C)(C)C)[nH]c(C=O)c1-c1ccc(C#N)cc1. The lowest BCUT2D eigenvalue weighted by atomic mass is 9.97. The molecule has 1 heterocycles. The molecule has 0 aliphatic carbocycles. The fourth-order valence-corrected chi connectivity index (χ4v) is 2.55. The molecule has 0 aliphatic heterocycles. The fraction of sp³-hybridized carbons (Fsp3) is 0.316. The normalized spacial score (nSPS) is 11.0. The van der Waals surface area contributed by atoms with Crippen molar-refractivity contribution in [1.29, 1.82) is 5.26 Å². The summed E-state index contributed by atoms with van der Waals surface area (Å²) in [5.74, 6) is -0.484. The van der Waals surface area contributed by atoms with Gasteiger partial charge in [0.15, 0.2) is 6.29 Å². The second kappa shape index (κ2) is 6.71. The third-order valence-electron chi connectivity index (χ3n) is 3.51. The van der Waals surface area contributed by atoms with Crippen LogP contribution in [0.3, 0.4) is 0 Å². The molecule has 5 heteroatoms. The summed E-state index contributed by atoms with van der Waals surface area (Å²) in [7, 11) is 0. The number of benzene rings is 1. The maximum Gasteiger partial charge on any atom is 0.355 e. The van der Waals surface area contributed by atoms with Crippen molar-refractivity contribution >= 4 is 12.3 Å². The smallest absolute Gasteiger partial charge is 0.355 e. The third kappa shape index (κ3) is 3.54. The molecule has 24 heavy (non-hydrogen) atoms. The van der Waals surface area contributed by atoms with Crippen LogP contribution in [0.1, 0.15) is 59.8 Å². The summed E-state index contributed by atoms with van der Waals surface area (Å²) in [6, 6.07) is 8.97. The van der Waals surface area contributed by atoms with E-state index in [2.05, 4.69) is 11.1 Å². The predicted molar refractivity (Wildman–Crippen MR) is 90.9 cm³/mol. The van der Waals surface area contributed by atoms with Crippen molar-refractivity contribution in [3.63, 3.8) is 0 Å². The van der Waals surface area contributed by atoms with Crippen LogP contribution in [-0.2, 0) is 11.2 Å². The summed E-state index contributed by atoms with van der Waals surface area (Å²) in [6.45, 7) is 7.30. The average Bonchev–Trinajstić information content (AvgIpc) is 2.92. The molecule has 0 saturated carbocycles. The first-order chi connectivity index (χ1) is 11.3. The molecular weight excluding hydrogens is 304 g/mol. The van der Waals surface area contributed by atoms with Gasteiger partial charge in [0.1, 0.15) is 11.3 Å². The molecule has 0 unspecified atom stereocenters. The predicted octanol–water partition coefficient (Wildman–Crippen LogP) is 3.88. The average molecular weight is 324 g/mol. The Labute approximate surface area is 141 Å². The van der Waals surface area contributed by atoms with Gasteiger partial charge >= 0.3 is 5.97 Å². The Morgan fingerprint density at radius 3 is 2.38 bits per heavy atom. The number of aldehydes is 1. The minimum absolute atomic E-state index is 0.300. The molecule has 1 aromatic carbocycles. The van der Waals surface area contributed by atoms with E-state index in [1.807, 2.05) is 6.92 Å². The molecule has 0 radical (unpaired) electrons. The standard InChI is InChI=1S/C19H20N2O3/c1-5-14-16(13-8-6-12(10-20)7-9-13)15(11-22)21-17(14)18(23)24-19(2,3)4/h6-9,11,21H,5H2,1-4H3. The van der Waals surface area contributed by atoms with Gasteiger partial charge in [-0.2, -0.15) is 5.26 Å². The number of nitrogens with zero attached hydrogens (tertiary/aromatic N) is 1. The van der Waals surface area contributed by atoms with E-state index in [1.54, 1.807) is 45.0 Å². The van der Waals surface area contributed by atoms with Crippen LogP contribution >= 0.6 is 0 Å². The van der Waals surface area contributed by atoms with Crippen molar-refractivity contribution in [3.05, 3.63) is 46.8 Å². The highest BCUT2D eigenvalue weighted by atomic mass is 16.6. The zero-order chi connectivity index (χ0) is 17.9. The number of ether oxygens (including phenoxy) is 1. The number of nitriles is 1. The van der Waals surface area contributed by atoms with Gasteiger partial charge < -0.3 is 9.72 Å². The fourth-order valence-electron chi connectivity index (χ4n) is 2.55. The summed E-state index contributed by atoms with van der Waals surface area (Å²) in [5, 5.41) is 8.91. The van der Waals surface area contributed by atoms with Gasteiger partial charge in [-0.25, -0.2) is 4.79 Å². The second-order valence-electron chi connectivity index (χ2n) is 6.43. The topological polar surface area (TPSA) is 83.0 Å². The van der Waals surface area contributed by atoms with E-state index in [-0.39, 0.29) is 0 Å². The summed E-state index contributed by atoms with van der Waals surface area (Å²) in [6.07, 6.45) is 1.26. The summed E-state index contributed by atoms with van der Waals surface area (Å²) in [4.78, 5) is 26.8. The molecule has 0 spiro atoms. The highest BCUT2D eigenvalue weighted by molar-refractivity contribution is 5.97. The van der Waals surface area contributed by atoms with Crippen LogP contribution in [-0.4, -0.2) is 22.8 Å². The Hall–Kier alpha value is -2.87. The minimum Gasteiger partial charge on any atom is -0.455 e. The molecule has 0 atom stereocenters. The Kier molecular flexibility index (Phi) is 4.89. The van der Waals surface area contributed by atoms with Gasteiger partial charge in [-0.15, -0.1) is 0 Å². The van der Waals surface area contributed by atoms with Crippen molar-refractivity contribution in [2.75, 3.05) is 0 Å². The Bertz CT molecular complexity index is 803. The van der Waals surface area contributed by atoms with Crippen LogP contribution in [0.5, 0.6) is 0 Å². The van der Waals surface area contributed by atoms with Crippen molar-refractivity contribution < 1.29 is 14.3 Å². The summed E-state index contributed by atoms with van der Waals surface area (Å²) < 4.78 is 5.42. The van der Waals surface area contributed by atoms with Crippen LogP contribution in [0.2, 0.25) is 0 Å². The summed E-state index contributed by atoms with van der Waals surface area (Å²) >= 11 is 0. The molecule has 5 nitrogen and oxygen atoms in total. The quantitative estimate of drug-likeness (QED) is 0.683. The van der Waals surface area contributed by atoms with E-state index in [1.165, 1.54) is 0 Å². The van der Waals surface area contributed by atoms with Crippen molar-refractivity contribution in [3.8, 4) is 17.2 Å².